The highest BCUT2D eigenvalue weighted by Crippen LogP contribution is 2.17. The van der Waals surface area contributed by atoms with Crippen LogP contribution >= 0.6 is 0 Å². The monoisotopic (exact) mass is 304 g/mol. The van der Waals surface area contributed by atoms with Crippen molar-refractivity contribution in [3.8, 4) is 0 Å². The van der Waals surface area contributed by atoms with Gasteiger partial charge in [0.1, 0.15) is 0 Å². The molecule has 1 aromatic carbocycles. The van der Waals surface area contributed by atoms with E-state index in [9.17, 15) is 4.79 Å². The number of benzene rings is 1. The predicted octanol–water partition coefficient (Wildman–Crippen LogP) is 2.52. The molecule has 1 aromatic rings. The minimum atomic E-state index is -0.379. The van der Waals surface area contributed by atoms with Crippen LogP contribution in [0.3, 0.4) is 0 Å². The summed E-state index contributed by atoms with van der Waals surface area (Å²) in [4.78, 5) is 19.5. The SMILES string of the molecule is CN1C=CN(OC(=O)N(CCc2ccccc2)C(C)(C)C)N1. The Labute approximate surface area is 131 Å². The first kappa shape index (κ1) is 16.2. The molecular formula is C16H24N4O2. The van der Waals surface area contributed by atoms with E-state index >= 15 is 0 Å². The zero-order valence-corrected chi connectivity index (χ0v) is 13.6. The largest absolute Gasteiger partial charge is 0.436 e. The van der Waals surface area contributed by atoms with Crippen LogP contribution in [0, 0.1) is 0 Å². The summed E-state index contributed by atoms with van der Waals surface area (Å²) < 4.78 is 0. The first-order chi connectivity index (χ1) is 10.4. The third kappa shape index (κ3) is 4.39. The summed E-state index contributed by atoms with van der Waals surface area (Å²) in [6.45, 7) is 6.59. The molecule has 6 heteroatoms. The minimum Gasteiger partial charge on any atom is -0.304 e. The fourth-order valence-electron chi connectivity index (χ4n) is 2.15. The molecule has 1 aliphatic rings. The number of rotatable bonds is 4. The zero-order valence-electron chi connectivity index (χ0n) is 13.6. The molecule has 1 N–H and O–H groups in total. The molecule has 0 atom stereocenters. The lowest BCUT2D eigenvalue weighted by atomic mass is 10.1. The van der Waals surface area contributed by atoms with Gasteiger partial charge in [-0.25, -0.2) is 4.79 Å². The molecule has 0 saturated heterocycles. The number of hydrogen-bond acceptors (Lipinski definition) is 5. The smallest absolute Gasteiger partial charge is 0.304 e. The van der Waals surface area contributed by atoms with Gasteiger partial charge in [-0.05, 0) is 32.8 Å². The molecule has 120 valence electrons. The third-order valence-corrected chi connectivity index (χ3v) is 3.36. The number of nitrogens with one attached hydrogen (secondary N) is 1. The van der Waals surface area contributed by atoms with Crippen molar-refractivity contribution in [1.29, 1.82) is 0 Å². The molecule has 0 radical (unpaired) electrons. The molecule has 0 fully saturated rings. The molecule has 0 bridgehead atoms. The Bertz CT molecular complexity index is 525. The minimum absolute atomic E-state index is 0.318. The van der Waals surface area contributed by atoms with Crippen molar-refractivity contribution >= 4 is 6.09 Å². The number of carbonyl (C=O) groups is 1. The Morgan fingerprint density at radius 3 is 2.45 bits per heavy atom. The van der Waals surface area contributed by atoms with E-state index in [2.05, 4.69) is 17.7 Å². The topological polar surface area (TPSA) is 48.1 Å². The lowest BCUT2D eigenvalue weighted by Crippen LogP contribution is -2.50. The third-order valence-electron chi connectivity index (χ3n) is 3.36. The molecule has 1 aliphatic heterocycles. The van der Waals surface area contributed by atoms with Gasteiger partial charge in [-0.2, -0.15) is 0 Å². The Morgan fingerprint density at radius 1 is 1.23 bits per heavy atom. The lowest BCUT2D eigenvalue weighted by molar-refractivity contribution is -0.136. The highest BCUT2D eigenvalue weighted by Gasteiger charge is 2.29. The van der Waals surface area contributed by atoms with Gasteiger partial charge < -0.3 is 9.74 Å². The van der Waals surface area contributed by atoms with E-state index in [4.69, 9.17) is 4.84 Å². The van der Waals surface area contributed by atoms with E-state index < -0.39 is 0 Å². The number of carbonyl (C=O) groups excluding carboxylic acids is 1. The summed E-state index contributed by atoms with van der Waals surface area (Å²) in [7, 11) is 1.82. The van der Waals surface area contributed by atoms with E-state index in [1.54, 1.807) is 22.3 Å². The van der Waals surface area contributed by atoms with Crippen molar-refractivity contribution < 1.29 is 9.63 Å². The maximum Gasteiger partial charge on any atom is 0.436 e. The highest BCUT2D eigenvalue weighted by molar-refractivity contribution is 5.68. The van der Waals surface area contributed by atoms with E-state index in [0.717, 1.165) is 6.42 Å². The van der Waals surface area contributed by atoms with Crippen molar-refractivity contribution in [2.75, 3.05) is 13.6 Å². The van der Waals surface area contributed by atoms with Gasteiger partial charge in [0.15, 0.2) is 0 Å². The quantitative estimate of drug-likeness (QED) is 0.926. The molecule has 0 saturated carbocycles. The van der Waals surface area contributed by atoms with Crippen LogP contribution in [0.5, 0.6) is 0 Å². The maximum atomic E-state index is 12.4. The fourth-order valence-corrected chi connectivity index (χ4v) is 2.15. The van der Waals surface area contributed by atoms with Crippen LogP contribution in [0.2, 0.25) is 0 Å². The Balaban J connectivity index is 1.97. The second kappa shape index (κ2) is 6.70. The van der Waals surface area contributed by atoms with Crippen LogP contribution in [0.15, 0.2) is 42.7 Å². The number of hydrazine groups is 2. The molecule has 2 rings (SSSR count). The number of hydrogen-bond donors (Lipinski definition) is 1. The second-order valence-electron chi connectivity index (χ2n) is 6.25. The first-order valence-corrected chi connectivity index (χ1v) is 7.36. The fraction of sp³-hybridized carbons (Fsp3) is 0.438. The average Bonchev–Trinajstić information content (AvgIpc) is 2.84. The molecule has 0 aliphatic carbocycles. The number of nitrogens with zero attached hydrogens (tertiary/aromatic N) is 3. The van der Waals surface area contributed by atoms with Gasteiger partial charge in [-0.3, -0.25) is 5.01 Å². The van der Waals surface area contributed by atoms with Crippen molar-refractivity contribution in [3.63, 3.8) is 0 Å². The standard InChI is InChI=1S/C16H24N4O2/c1-16(2,3)19(11-10-14-8-6-5-7-9-14)15(21)22-20-13-12-18(4)17-20/h5-9,12-13,17H,10-11H2,1-4H3. The molecule has 6 nitrogen and oxygen atoms in total. The second-order valence-corrected chi connectivity index (χ2v) is 6.25. The summed E-state index contributed by atoms with van der Waals surface area (Å²) >= 11 is 0. The average molecular weight is 304 g/mol. The normalized spacial score (nSPS) is 14.4. The Morgan fingerprint density at radius 2 is 1.91 bits per heavy atom. The van der Waals surface area contributed by atoms with Gasteiger partial charge in [-0.15, -0.1) is 10.7 Å². The van der Waals surface area contributed by atoms with Crippen LogP contribution in [-0.2, 0) is 11.3 Å². The zero-order chi connectivity index (χ0) is 16.2. The van der Waals surface area contributed by atoms with Crippen LogP contribution in [-0.4, -0.2) is 40.3 Å². The highest BCUT2D eigenvalue weighted by atomic mass is 16.8. The number of hydroxylamine groups is 1. The van der Waals surface area contributed by atoms with Crippen LogP contribution in [0.25, 0.3) is 0 Å². The molecule has 0 aromatic heterocycles. The van der Waals surface area contributed by atoms with E-state index in [0.29, 0.717) is 6.54 Å². The van der Waals surface area contributed by atoms with Crippen LogP contribution in [0.1, 0.15) is 26.3 Å². The molecule has 1 amide bonds. The van der Waals surface area contributed by atoms with E-state index in [1.165, 1.54) is 10.7 Å². The van der Waals surface area contributed by atoms with Gasteiger partial charge in [0.25, 0.3) is 0 Å². The van der Waals surface area contributed by atoms with Gasteiger partial charge in [0, 0.05) is 25.3 Å². The van der Waals surface area contributed by atoms with Gasteiger partial charge >= 0.3 is 6.09 Å². The number of amides is 1. The molecule has 0 unspecified atom stereocenters. The summed E-state index contributed by atoms with van der Waals surface area (Å²) in [6.07, 6.45) is 3.82. The van der Waals surface area contributed by atoms with E-state index in [-0.39, 0.29) is 11.6 Å². The molecular weight excluding hydrogens is 280 g/mol. The molecule has 22 heavy (non-hydrogen) atoms. The first-order valence-electron chi connectivity index (χ1n) is 7.36. The van der Waals surface area contributed by atoms with E-state index in [1.807, 2.05) is 46.0 Å². The summed E-state index contributed by atoms with van der Waals surface area (Å²) in [6, 6.07) is 10.1. The predicted molar refractivity (Wildman–Crippen MR) is 85.0 cm³/mol. The van der Waals surface area contributed by atoms with Crippen LogP contribution < -0.4 is 5.53 Å². The Kier molecular flexibility index (Phi) is 4.92. The molecule has 1 heterocycles. The molecule has 0 spiro atoms. The van der Waals surface area contributed by atoms with Gasteiger partial charge in [-0.1, -0.05) is 30.3 Å². The summed E-state index contributed by atoms with van der Waals surface area (Å²) in [5.41, 5.74) is 3.73. The summed E-state index contributed by atoms with van der Waals surface area (Å²) in [5.74, 6) is 0. The van der Waals surface area contributed by atoms with Crippen molar-refractivity contribution in [1.82, 2.24) is 20.6 Å². The van der Waals surface area contributed by atoms with Crippen LogP contribution in [0.4, 0.5) is 4.79 Å². The van der Waals surface area contributed by atoms with Gasteiger partial charge in [0.05, 0.1) is 6.20 Å². The maximum absolute atomic E-state index is 12.4. The lowest BCUT2D eigenvalue weighted by Gasteiger charge is -2.35. The van der Waals surface area contributed by atoms with Crippen molar-refractivity contribution in [2.24, 2.45) is 0 Å². The van der Waals surface area contributed by atoms with Crippen molar-refractivity contribution in [2.45, 2.75) is 32.7 Å². The summed E-state index contributed by atoms with van der Waals surface area (Å²) in [5, 5.41) is 2.99. The Hall–Kier alpha value is -2.21. The van der Waals surface area contributed by atoms with Crippen molar-refractivity contribution in [3.05, 3.63) is 48.3 Å². The van der Waals surface area contributed by atoms with Gasteiger partial charge in [0.2, 0.25) is 0 Å².